The molecule has 1 rings (SSSR count). The number of ketones is 1. The van der Waals surface area contributed by atoms with Crippen molar-refractivity contribution < 1.29 is 14.7 Å². The molecule has 124 valence electrons. The highest BCUT2D eigenvalue weighted by molar-refractivity contribution is 6.18. The highest BCUT2D eigenvalue weighted by Gasteiger charge is 2.21. The first-order valence-electron chi connectivity index (χ1n) is 7.75. The van der Waals surface area contributed by atoms with Gasteiger partial charge in [-0.25, -0.2) is 4.79 Å². The molecule has 3 nitrogen and oxygen atoms in total. The van der Waals surface area contributed by atoms with Gasteiger partial charge >= 0.3 is 5.97 Å². The van der Waals surface area contributed by atoms with E-state index in [-0.39, 0.29) is 22.8 Å². The maximum atomic E-state index is 12.6. The molecule has 0 saturated carbocycles. The molecule has 0 saturated heterocycles. The molecule has 1 N–H and O–H groups in total. The van der Waals surface area contributed by atoms with E-state index in [0.29, 0.717) is 11.1 Å². The Morgan fingerprint density at radius 1 is 1.22 bits per heavy atom. The van der Waals surface area contributed by atoms with Gasteiger partial charge in [-0.05, 0) is 25.8 Å². The molecule has 0 heterocycles. The topological polar surface area (TPSA) is 54.4 Å². The number of carboxylic acids is 1. The lowest BCUT2D eigenvalue weighted by molar-refractivity contribution is -0.132. The largest absolute Gasteiger partial charge is 0.478 e. The van der Waals surface area contributed by atoms with Gasteiger partial charge in [0.25, 0.3) is 0 Å². The molecule has 0 aromatic carbocycles. The Morgan fingerprint density at radius 3 is 2.30 bits per heavy atom. The van der Waals surface area contributed by atoms with Crippen LogP contribution in [-0.2, 0) is 9.59 Å². The van der Waals surface area contributed by atoms with E-state index in [4.69, 9.17) is 0 Å². The molecule has 0 amide bonds. The molecule has 1 aliphatic rings. The maximum Gasteiger partial charge on any atom is 0.336 e. The maximum absolute atomic E-state index is 12.6. The molecular formula is C20H26O3. The van der Waals surface area contributed by atoms with Crippen LogP contribution in [0.2, 0.25) is 0 Å². The molecule has 0 bridgehead atoms. The van der Waals surface area contributed by atoms with Crippen molar-refractivity contribution in [3.05, 3.63) is 71.4 Å². The molecule has 0 radical (unpaired) electrons. The van der Waals surface area contributed by atoms with E-state index >= 15 is 0 Å². The number of carboxylic acid groups (broad SMARTS) is 1. The number of carbonyl (C=O) groups is 2. The second-order valence-electron chi connectivity index (χ2n) is 4.97. The Bertz CT molecular complexity index is 611. The minimum absolute atomic E-state index is 0.0365. The molecule has 0 fully saturated rings. The second-order valence-corrected chi connectivity index (χ2v) is 4.97. The highest BCUT2D eigenvalue weighted by Crippen LogP contribution is 2.20. The van der Waals surface area contributed by atoms with Gasteiger partial charge in [0.15, 0.2) is 5.78 Å². The lowest BCUT2D eigenvalue weighted by Crippen LogP contribution is -2.13. The highest BCUT2D eigenvalue weighted by atomic mass is 16.4. The van der Waals surface area contributed by atoms with Gasteiger partial charge in [-0.15, -0.1) is 0 Å². The third-order valence-corrected chi connectivity index (χ3v) is 2.98. The summed E-state index contributed by atoms with van der Waals surface area (Å²) in [6, 6.07) is 0. The van der Waals surface area contributed by atoms with E-state index in [9.17, 15) is 14.7 Å². The zero-order chi connectivity index (χ0) is 18.0. The van der Waals surface area contributed by atoms with E-state index in [2.05, 4.69) is 6.58 Å². The summed E-state index contributed by atoms with van der Waals surface area (Å²) >= 11 is 0. The predicted octanol–water partition coefficient (Wildman–Crippen LogP) is 4.80. The Labute approximate surface area is 139 Å². The second kappa shape index (κ2) is 10.3. The summed E-state index contributed by atoms with van der Waals surface area (Å²) in [5, 5.41) is 9.31. The molecule has 1 atom stereocenters. The quantitative estimate of drug-likeness (QED) is 0.585. The molecule has 1 unspecified atom stereocenters. The number of rotatable bonds is 5. The third kappa shape index (κ3) is 6.47. The summed E-state index contributed by atoms with van der Waals surface area (Å²) in [6.07, 6.45) is 12.1. The SMILES string of the molecule is C=C(C)/C=C(C(=O)O)\C(=C/C)C(=O)C1=CC=CC(C)C=C1.CC. The average molecular weight is 314 g/mol. The van der Waals surface area contributed by atoms with Crippen molar-refractivity contribution in [2.45, 2.75) is 34.6 Å². The predicted molar refractivity (Wildman–Crippen MR) is 96.2 cm³/mol. The van der Waals surface area contributed by atoms with Gasteiger partial charge in [0, 0.05) is 11.1 Å². The van der Waals surface area contributed by atoms with Crippen LogP contribution in [0.1, 0.15) is 34.6 Å². The fourth-order valence-electron chi connectivity index (χ4n) is 1.93. The van der Waals surface area contributed by atoms with E-state index in [1.165, 1.54) is 12.2 Å². The number of carbonyl (C=O) groups excluding carboxylic acids is 1. The summed E-state index contributed by atoms with van der Waals surface area (Å²) in [6.45, 7) is 13.0. The smallest absolute Gasteiger partial charge is 0.336 e. The molecule has 3 heteroatoms. The lowest BCUT2D eigenvalue weighted by atomic mass is 9.94. The molecule has 0 spiro atoms. The van der Waals surface area contributed by atoms with Gasteiger partial charge in [-0.2, -0.15) is 0 Å². The average Bonchev–Trinajstić information content (AvgIpc) is 2.73. The van der Waals surface area contributed by atoms with Crippen LogP contribution in [0.15, 0.2) is 71.4 Å². The summed E-state index contributed by atoms with van der Waals surface area (Å²) in [5.41, 5.74) is 1.19. The van der Waals surface area contributed by atoms with Crippen LogP contribution < -0.4 is 0 Å². The Balaban J connectivity index is 0.00000232. The first-order chi connectivity index (χ1) is 10.9. The van der Waals surface area contributed by atoms with Crippen LogP contribution in [0.5, 0.6) is 0 Å². The third-order valence-electron chi connectivity index (χ3n) is 2.98. The van der Waals surface area contributed by atoms with E-state index in [0.717, 1.165) is 0 Å². The Morgan fingerprint density at radius 2 is 1.83 bits per heavy atom. The van der Waals surface area contributed by atoms with Crippen molar-refractivity contribution >= 4 is 11.8 Å². The van der Waals surface area contributed by atoms with Crippen molar-refractivity contribution in [2.75, 3.05) is 0 Å². The summed E-state index contributed by atoms with van der Waals surface area (Å²) in [7, 11) is 0. The zero-order valence-electron chi connectivity index (χ0n) is 14.6. The summed E-state index contributed by atoms with van der Waals surface area (Å²) in [4.78, 5) is 23.9. The van der Waals surface area contributed by atoms with Crippen LogP contribution in [0.4, 0.5) is 0 Å². The minimum Gasteiger partial charge on any atom is -0.478 e. The molecule has 0 aromatic heterocycles. The van der Waals surface area contributed by atoms with Gasteiger partial charge < -0.3 is 5.11 Å². The van der Waals surface area contributed by atoms with E-state index in [1.54, 1.807) is 26.0 Å². The Kier molecular flexibility index (Phi) is 9.24. The fourth-order valence-corrected chi connectivity index (χ4v) is 1.93. The summed E-state index contributed by atoms with van der Waals surface area (Å²) < 4.78 is 0. The molecule has 23 heavy (non-hydrogen) atoms. The summed E-state index contributed by atoms with van der Waals surface area (Å²) in [5.74, 6) is -1.20. The monoisotopic (exact) mass is 314 g/mol. The van der Waals surface area contributed by atoms with Crippen LogP contribution >= 0.6 is 0 Å². The molecule has 0 aromatic rings. The van der Waals surface area contributed by atoms with Crippen molar-refractivity contribution in [1.29, 1.82) is 0 Å². The number of aliphatic carboxylic acids is 1. The van der Waals surface area contributed by atoms with E-state index < -0.39 is 5.97 Å². The molecule has 1 aliphatic carbocycles. The number of Topliss-reactive ketones (excluding diaryl/α,β-unsaturated/α-hetero) is 1. The van der Waals surface area contributed by atoms with Crippen LogP contribution in [0.3, 0.4) is 0 Å². The first-order valence-corrected chi connectivity index (χ1v) is 7.75. The first kappa shape index (κ1) is 20.6. The van der Waals surface area contributed by atoms with Gasteiger partial charge in [0.2, 0.25) is 0 Å². The minimum atomic E-state index is -1.14. The molecule has 0 aliphatic heterocycles. The number of hydrogen-bond acceptors (Lipinski definition) is 2. The van der Waals surface area contributed by atoms with Gasteiger partial charge in [0.05, 0.1) is 5.57 Å². The van der Waals surface area contributed by atoms with Crippen molar-refractivity contribution in [2.24, 2.45) is 5.92 Å². The zero-order valence-corrected chi connectivity index (χ0v) is 14.6. The van der Waals surface area contributed by atoms with Gasteiger partial charge in [-0.1, -0.05) is 69.4 Å². The molecular weight excluding hydrogens is 288 g/mol. The fraction of sp³-hybridized carbons (Fsp3) is 0.300. The normalized spacial score (nSPS) is 17.6. The van der Waals surface area contributed by atoms with Crippen LogP contribution in [-0.4, -0.2) is 16.9 Å². The van der Waals surface area contributed by atoms with Crippen molar-refractivity contribution in [3.8, 4) is 0 Å². The van der Waals surface area contributed by atoms with Crippen LogP contribution in [0, 0.1) is 5.92 Å². The van der Waals surface area contributed by atoms with Crippen molar-refractivity contribution in [1.82, 2.24) is 0 Å². The lowest BCUT2D eigenvalue weighted by Gasteiger charge is -2.08. The standard InChI is InChI=1S/C18H20O3.C2H6/c1-5-15(16(18(20)21)11-12(2)3)17(19)14-8-6-7-13(4)9-10-14;1-2/h5-11,13H,2H2,1,3-4H3,(H,20,21);1-2H3/b15-5+,16-11+;. The van der Waals surface area contributed by atoms with Crippen molar-refractivity contribution in [3.63, 3.8) is 0 Å². The number of allylic oxidation sites excluding steroid dienone is 9. The Hall–Kier alpha value is -2.42. The van der Waals surface area contributed by atoms with Gasteiger partial charge in [0.1, 0.15) is 0 Å². The number of hydrogen-bond donors (Lipinski definition) is 1. The van der Waals surface area contributed by atoms with E-state index in [1.807, 2.05) is 39.0 Å². The van der Waals surface area contributed by atoms with Gasteiger partial charge in [-0.3, -0.25) is 4.79 Å². The van der Waals surface area contributed by atoms with Crippen LogP contribution in [0.25, 0.3) is 0 Å².